The Morgan fingerprint density at radius 3 is 2.73 bits per heavy atom. The molecule has 0 aliphatic heterocycles. The highest BCUT2D eigenvalue weighted by Crippen LogP contribution is 2.28. The van der Waals surface area contributed by atoms with Gasteiger partial charge in [0, 0.05) is 34.4 Å². The summed E-state index contributed by atoms with van der Waals surface area (Å²) in [6, 6.07) is 13.5. The van der Waals surface area contributed by atoms with Crippen molar-refractivity contribution in [2.45, 2.75) is 23.9 Å². The molecule has 10 heteroatoms. The number of carbonyl (C=O) groups excluding carboxylic acids is 1. The zero-order chi connectivity index (χ0) is 21.7. The zero-order valence-corrected chi connectivity index (χ0v) is 18.4. The Labute approximate surface area is 185 Å². The van der Waals surface area contributed by atoms with Crippen LogP contribution in [0.4, 0.5) is 11.4 Å². The minimum atomic E-state index is -0.505. The van der Waals surface area contributed by atoms with Gasteiger partial charge in [0.2, 0.25) is 5.91 Å². The van der Waals surface area contributed by atoms with Gasteiger partial charge in [0.15, 0.2) is 11.0 Å². The molecular formula is C20H18BrN5O3S. The van der Waals surface area contributed by atoms with Crippen LogP contribution in [0.3, 0.4) is 0 Å². The molecule has 0 fully saturated rings. The Balaban J connectivity index is 1.77. The van der Waals surface area contributed by atoms with E-state index < -0.39 is 10.2 Å². The van der Waals surface area contributed by atoms with Crippen molar-refractivity contribution in [3.63, 3.8) is 0 Å². The highest BCUT2D eigenvalue weighted by Gasteiger charge is 2.21. The van der Waals surface area contributed by atoms with Crippen LogP contribution in [0.25, 0.3) is 11.4 Å². The smallest absolute Gasteiger partial charge is 0.271 e. The number of anilines is 1. The number of nitrogens with one attached hydrogen (secondary N) is 1. The minimum absolute atomic E-state index is 0.0852. The lowest BCUT2D eigenvalue weighted by atomic mass is 10.2. The van der Waals surface area contributed by atoms with Crippen molar-refractivity contribution >= 4 is 45.0 Å². The van der Waals surface area contributed by atoms with Gasteiger partial charge in [0.1, 0.15) is 0 Å². The van der Waals surface area contributed by atoms with E-state index in [0.717, 1.165) is 10.0 Å². The molecule has 3 aromatic rings. The number of halogens is 1. The molecule has 1 amide bonds. The second-order valence-electron chi connectivity index (χ2n) is 6.27. The van der Waals surface area contributed by atoms with Crippen molar-refractivity contribution in [2.24, 2.45) is 0 Å². The maximum absolute atomic E-state index is 12.6. The average Bonchev–Trinajstić information content (AvgIpc) is 3.11. The monoisotopic (exact) mass is 487 g/mol. The number of nitro groups is 1. The van der Waals surface area contributed by atoms with E-state index in [1.54, 1.807) is 19.1 Å². The number of carbonyl (C=O) groups is 1. The summed E-state index contributed by atoms with van der Waals surface area (Å²) < 4.78 is 2.85. The summed E-state index contributed by atoms with van der Waals surface area (Å²) in [5.41, 5.74) is 1.18. The number of benzene rings is 2. The number of amides is 1. The van der Waals surface area contributed by atoms with E-state index in [0.29, 0.717) is 23.2 Å². The number of hydrogen-bond acceptors (Lipinski definition) is 6. The summed E-state index contributed by atoms with van der Waals surface area (Å²) in [5.74, 6) is 0.384. The van der Waals surface area contributed by atoms with E-state index in [-0.39, 0.29) is 11.6 Å². The van der Waals surface area contributed by atoms with E-state index in [1.807, 2.05) is 28.8 Å². The van der Waals surface area contributed by atoms with Gasteiger partial charge in [-0.2, -0.15) is 0 Å². The molecule has 1 unspecified atom stereocenters. The number of hydrogen-bond donors (Lipinski definition) is 1. The molecule has 0 radical (unpaired) electrons. The largest absolute Gasteiger partial charge is 0.325 e. The van der Waals surface area contributed by atoms with Crippen molar-refractivity contribution in [3.8, 4) is 11.4 Å². The number of aromatic nitrogens is 3. The van der Waals surface area contributed by atoms with Gasteiger partial charge < -0.3 is 5.32 Å². The van der Waals surface area contributed by atoms with Gasteiger partial charge >= 0.3 is 0 Å². The van der Waals surface area contributed by atoms with Crippen LogP contribution in [-0.4, -0.2) is 30.8 Å². The van der Waals surface area contributed by atoms with Gasteiger partial charge in [-0.25, -0.2) is 0 Å². The van der Waals surface area contributed by atoms with Gasteiger partial charge in [0.05, 0.1) is 10.2 Å². The topological polar surface area (TPSA) is 103 Å². The summed E-state index contributed by atoms with van der Waals surface area (Å²) in [6.07, 6.45) is 1.74. The maximum Gasteiger partial charge on any atom is 0.271 e. The third-order valence-corrected chi connectivity index (χ3v) is 5.72. The molecule has 154 valence electrons. The van der Waals surface area contributed by atoms with Crippen molar-refractivity contribution in [1.29, 1.82) is 0 Å². The molecule has 3 rings (SSSR count). The van der Waals surface area contributed by atoms with Crippen LogP contribution in [0, 0.1) is 10.1 Å². The van der Waals surface area contributed by atoms with E-state index in [1.165, 1.54) is 30.0 Å². The maximum atomic E-state index is 12.6. The first-order chi connectivity index (χ1) is 14.4. The predicted octanol–water partition coefficient (Wildman–Crippen LogP) is 4.92. The number of nitro benzene ring substituents is 1. The van der Waals surface area contributed by atoms with E-state index >= 15 is 0 Å². The molecule has 0 aliphatic rings. The molecule has 0 saturated carbocycles. The number of non-ortho nitro benzene ring substituents is 1. The third-order valence-electron chi connectivity index (χ3n) is 4.11. The summed E-state index contributed by atoms with van der Waals surface area (Å²) in [7, 11) is 0. The first-order valence-electron chi connectivity index (χ1n) is 8.91. The van der Waals surface area contributed by atoms with E-state index in [2.05, 4.69) is 38.0 Å². The molecule has 1 atom stereocenters. The molecule has 0 aliphatic carbocycles. The molecule has 1 aromatic heterocycles. The van der Waals surface area contributed by atoms with E-state index in [4.69, 9.17) is 0 Å². The second kappa shape index (κ2) is 9.68. The van der Waals surface area contributed by atoms with Crippen molar-refractivity contribution in [2.75, 3.05) is 5.32 Å². The van der Waals surface area contributed by atoms with Crippen LogP contribution in [0.15, 0.2) is 70.8 Å². The quantitative estimate of drug-likeness (QED) is 0.209. The zero-order valence-electron chi connectivity index (χ0n) is 16.0. The van der Waals surface area contributed by atoms with Crippen molar-refractivity contribution in [3.05, 3.63) is 75.8 Å². The Bertz CT molecular complexity index is 1080. The summed E-state index contributed by atoms with van der Waals surface area (Å²) in [6.45, 7) is 6.02. The lowest BCUT2D eigenvalue weighted by Gasteiger charge is -2.13. The molecular weight excluding hydrogens is 470 g/mol. The molecule has 1 heterocycles. The van der Waals surface area contributed by atoms with Crippen LogP contribution in [0.2, 0.25) is 0 Å². The molecule has 8 nitrogen and oxygen atoms in total. The number of thioether (sulfide) groups is 1. The molecule has 0 spiro atoms. The fourth-order valence-corrected chi connectivity index (χ4v) is 3.76. The van der Waals surface area contributed by atoms with Crippen LogP contribution in [0.5, 0.6) is 0 Å². The fourth-order valence-electron chi connectivity index (χ4n) is 2.63. The lowest BCUT2D eigenvalue weighted by molar-refractivity contribution is -0.384. The fraction of sp³-hybridized carbons (Fsp3) is 0.150. The normalized spacial score (nSPS) is 11.7. The van der Waals surface area contributed by atoms with E-state index in [9.17, 15) is 14.9 Å². The van der Waals surface area contributed by atoms with Crippen molar-refractivity contribution < 1.29 is 9.72 Å². The molecule has 2 aromatic carbocycles. The van der Waals surface area contributed by atoms with Gasteiger partial charge in [-0.1, -0.05) is 52.0 Å². The van der Waals surface area contributed by atoms with Gasteiger partial charge in [-0.3, -0.25) is 19.5 Å². The van der Waals surface area contributed by atoms with Crippen LogP contribution in [0.1, 0.15) is 6.92 Å². The number of rotatable bonds is 8. The highest BCUT2D eigenvalue weighted by atomic mass is 79.9. The lowest BCUT2D eigenvalue weighted by Crippen LogP contribution is -2.23. The van der Waals surface area contributed by atoms with Crippen LogP contribution >= 0.6 is 27.7 Å². The summed E-state index contributed by atoms with van der Waals surface area (Å²) in [5, 5.41) is 22.2. The van der Waals surface area contributed by atoms with Crippen LogP contribution in [-0.2, 0) is 11.3 Å². The molecule has 1 N–H and O–H groups in total. The predicted molar refractivity (Wildman–Crippen MR) is 120 cm³/mol. The summed E-state index contributed by atoms with van der Waals surface area (Å²) >= 11 is 4.67. The first kappa shape index (κ1) is 21.7. The van der Waals surface area contributed by atoms with Crippen molar-refractivity contribution in [1.82, 2.24) is 14.8 Å². The Hall–Kier alpha value is -2.98. The van der Waals surface area contributed by atoms with Gasteiger partial charge in [-0.05, 0) is 25.1 Å². The SMILES string of the molecule is C=CCn1c(SC(C)C(=O)Nc2cccc([N+](=O)[O-])c2)nnc1-c1ccc(Br)cc1. The molecule has 0 saturated heterocycles. The number of nitrogens with zero attached hydrogens (tertiary/aromatic N) is 4. The molecule has 0 bridgehead atoms. The van der Waals surface area contributed by atoms with Crippen LogP contribution < -0.4 is 5.32 Å². The third kappa shape index (κ3) is 5.14. The highest BCUT2D eigenvalue weighted by molar-refractivity contribution is 9.10. The Kier molecular flexibility index (Phi) is 7.01. The summed E-state index contributed by atoms with van der Waals surface area (Å²) in [4.78, 5) is 23.0. The first-order valence-corrected chi connectivity index (χ1v) is 10.6. The minimum Gasteiger partial charge on any atom is -0.325 e. The standard InChI is InChI=1S/C20H18BrN5O3S/c1-3-11-25-18(14-7-9-15(21)10-8-14)23-24-20(25)30-13(2)19(27)22-16-5-4-6-17(12-16)26(28)29/h3-10,12-13H,1,11H2,2H3,(H,22,27). The molecule has 30 heavy (non-hydrogen) atoms. The average molecular weight is 488 g/mol. The Morgan fingerprint density at radius 2 is 2.07 bits per heavy atom. The number of allylic oxidation sites excluding steroid dienone is 1. The van der Waals surface area contributed by atoms with Gasteiger partial charge in [-0.15, -0.1) is 16.8 Å². The van der Waals surface area contributed by atoms with Gasteiger partial charge in [0.25, 0.3) is 5.69 Å². The Morgan fingerprint density at radius 1 is 1.33 bits per heavy atom. The second-order valence-corrected chi connectivity index (χ2v) is 8.49.